The maximum atomic E-state index is 3.70. The molecule has 4 atom stereocenters. The van der Waals surface area contributed by atoms with Gasteiger partial charge in [-0.25, -0.2) is 0 Å². The number of allylic oxidation sites excluding steroid dienone is 9. The van der Waals surface area contributed by atoms with Crippen molar-refractivity contribution >= 4 is 11.4 Å². The lowest BCUT2D eigenvalue weighted by molar-refractivity contribution is 0.406. The first-order chi connectivity index (χ1) is 21.8. The molecule has 2 nitrogen and oxygen atoms in total. The van der Waals surface area contributed by atoms with Gasteiger partial charge in [0.1, 0.15) is 0 Å². The summed E-state index contributed by atoms with van der Waals surface area (Å²) >= 11 is 0. The van der Waals surface area contributed by atoms with Crippen LogP contribution in [0.5, 0.6) is 0 Å². The van der Waals surface area contributed by atoms with Crippen LogP contribution in [0, 0.1) is 17.8 Å². The van der Waals surface area contributed by atoms with Crippen LogP contribution in [0.1, 0.15) is 12.8 Å². The summed E-state index contributed by atoms with van der Waals surface area (Å²) in [5.74, 6) is 1.32. The van der Waals surface area contributed by atoms with E-state index < -0.39 is 0 Å². The third-order valence-electron chi connectivity index (χ3n) is 8.94. The molecule has 2 N–H and O–H groups in total. The molecule has 7 rings (SSSR count). The van der Waals surface area contributed by atoms with E-state index in [2.05, 4.69) is 181 Å². The molecule has 4 aromatic carbocycles. The van der Waals surface area contributed by atoms with Gasteiger partial charge >= 0.3 is 0 Å². The molecule has 0 saturated carbocycles. The van der Waals surface area contributed by atoms with Crippen LogP contribution in [0.15, 0.2) is 181 Å². The lowest BCUT2D eigenvalue weighted by Crippen LogP contribution is -2.25. The van der Waals surface area contributed by atoms with Crippen molar-refractivity contribution < 1.29 is 0 Å². The third kappa shape index (κ3) is 6.45. The molecule has 44 heavy (non-hydrogen) atoms. The molecule has 0 bridgehead atoms. The monoisotopic (exact) mass is 570 g/mol. The van der Waals surface area contributed by atoms with Crippen LogP contribution >= 0.6 is 0 Å². The summed E-state index contributed by atoms with van der Waals surface area (Å²) in [6.45, 7) is 0. The molecule has 0 amide bonds. The van der Waals surface area contributed by atoms with E-state index in [4.69, 9.17) is 0 Å². The normalized spacial score (nSPS) is 22.3. The molecular formula is C42H38N2. The highest BCUT2D eigenvalue weighted by atomic mass is 14.9. The molecule has 4 aromatic rings. The number of nitrogens with one attached hydrogen (secondary N) is 2. The summed E-state index contributed by atoms with van der Waals surface area (Å²) in [5, 5.41) is 7.31. The van der Waals surface area contributed by atoms with E-state index in [1.54, 1.807) is 0 Å². The first-order valence-corrected chi connectivity index (χ1v) is 15.7. The number of anilines is 2. The molecule has 3 aliphatic carbocycles. The minimum atomic E-state index is 0.302. The van der Waals surface area contributed by atoms with Crippen LogP contribution < -0.4 is 10.6 Å². The summed E-state index contributed by atoms with van der Waals surface area (Å²) in [7, 11) is 0. The summed E-state index contributed by atoms with van der Waals surface area (Å²) in [5.41, 5.74) is 9.83. The fourth-order valence-electron chi connectivity index (χ4n) is 6.52. The Morgan fingerprint density at radius 2 is 1.11 bits per heavy atom. The molecule has 2 heteroatoms. The Morgan fingerprint density at radius 1 is 0.500 bits per heavy atom. The molecule has 0 aliphatic heterocycles. The predicted molar refractivity (Wildman–Crippen MR) is 187 cm³/mol. The summed E-state index contributed by atoms with van der Waals surface area (Å²) in [6.07, 6.45) is 25.4. The van der Waals surface area contributed by atoms with Gasteiger partial charge in [-0.2, -0.15) is 0 Å². The second kappa shape index (κ2) is 13.1. The van der Waals surface area contributed by atoms with E-state index in [0.717, 1.165) is 24.2 Å². The van der Waals surface area contributed by atoms with Crippen LogP contribution in [0.2, 0.25) is 0 Å². The Hall–Kier alpha value is -5.08. The minimum absolute atomic E-state index is 0.302. The number of rotatable bonds is 8. The number of hydrogen-bond donors (Lipinski definition) is 2. The van der Waals surface area contributed by atoms with E-state index in [9.17, 15) is 0 Å². The Kier molecular flexibility index (Phi) is 8.23. The first kappa shape index (κ1) is 27.7. The van der Waals surface area contributed by atoms with Crippen LogP contribution in [-0.4, -0.2) is 6.04 Å². The average Bonchev–Trinajstić information content (AvgIpc) is 3.10. The van der Waals surface area contributed by atoms with Gasteiger partial charge in [-0.1, -0.05) is 140 Å². The molecule has 0 spiro atoms. The van der Waals surface area contributed by atoms with Crippen molar-refractivity contribution in [3.8, 4) is 22.3 Å². The van der Waals surface area contributed by atoms with Crippen molar-refractivity contribution in [2.24, 2.45) is 17.8 Å². The van der Waals surface area contributed by atoms with Gasteiger partial charge in [0.15, 0.2) is 0 Å². The Morgan fingerprint density at radius 3 is 1.70 bits per heavy atom. The van der Waals surface area contributed by atoms with Crippen LogP contribution in [0.25, 0.3) is 22.3 Å². The highest BCUT2D eigenvalue weighted by Gasteiger charge is 2.29. The van der Waals surface area contributed by atoms with Gasteiger partial charge in [0, 0.05) is 29.0 Å². The molecule has 3 aliphatic rings. The van der Waals surface area contributed by atoms with Gasteiger partial charge in [0.2, 0.25) is 0 Å². The van der Waals surface area contributed by atoms with Gasteiger partial charge in [0.05, 0.1) is 0 Å². The zero-order valence-corrected chi connectivity index (χ0v) is 24.9. The Balaban J connectivity index is 0.943. The number of benzene rings is 4. The van der Waals surface area contributed by atoms with Crippen molar-refractivity contribution in [1.29, 1.82) is 0 Å². The van der Waals surface area contributed by atoms with Crippen LogP contribution in [0.3, 0.4) is 0 Å². The second-order valence-corrected chi connectivity index (χ2v) is 11.9. The first-order valence-electron chi connectivity index (χ1n) is 15.7. The summed E-state index contributed by atoms with van der Waals surface area (Å²) in [6, 6.07) is 38.8. The van der Waals surface area contributed by atoms with E-state index in [1.807, 2.05) is 0 Å². The van der Waals surface area contributed by atoms with E-state index >= 15 is 0 Å². The number of hydrogen-bond acceptors (Lipinski definition) is 2. The molecule has 0 radical (unpaired) electrons. The third-order valence-corrected chi connectivity index (χ3v) is 8.94. The zero-order valence-electron chi connectivity index (χ0n) is 24.9. The van der Waals surface area contributed by atoms with Crippen molar-refractivity contribution in [2.45, 2.75) is 18.9 Å². The molecule has 0 aromatic heterocycles. The average molecular weight is 571 g/mol. The Labute approximate surface area is 261 Å². The minimum Gasteiger partial charge on any atom is -0.379 e. The molecule has 0 heterocycles. The van der Waals surface area contributed by atoms with Crippen molar-refractivity contribution in [1.82, 2.24) is 0 Å². The molecule has 4 unspecified atom stereocenters. The zero-order chi connectivity index (χ0) is 29.6. The maximum absolute atomic E-state index is 3.70. The fourth-order valence-corrected chi connectivity index (χ4v) is 6.52. The van der Waals surface area contributed by atoms with E-state index in [0.29, 0.717) is 23.8 Å². The lowest BCUT2D eigenvalue weighted by Gasteiger charge is -2.33. The topological polar surface area (TPSA) is 24.1 Å². The quantitative estimate of drug-likeness (QED) is 0.220. The summed E-state index contributed by atoms with van der Waals surface area (Å²) in [4.78, 5) is 0. The van der Waals surface area contributed by atoms with Crippen LogP contribution in [-0.2, 0) is 0 Å². The van der Waals surface area contributed by atoms with E-state index in [-0.39, 0.29) is 0 Å². The highest BCUT2D eigenvalue weighted by Crippen LogP contribution is 2.38. The van der Waals surface area contributed by atoms with Crippen LogP contribution in [0.4, 0.5) is 11.4 Å². The Bertz CT molecular complexity index is 1740. The van der Waals surface area contributed by atoms with Crippen molar-refractivity contribution in [3.05, 3.63) is 181 Å². The molecule has 0 fully saturated rings. The standard InChI is InChI=1S/C42H38N2/c1-3-9-31(10-4-1)33-15-23-37(24-16-33)43-39-27-19-35(20-28-39)41-13-7-8-14-42(41)36-21-29-40(30-22-36)44-38-25-17-34(18-26-38)32-11-5-2-6-12-32/h1-21,23-27,29-30,36,39,41-44H,22,28H2. The van der Waals surface area contributed by atoms with Gasteiger partial charge in [-0.3, -0.25) is 0 Å². The maximum Gasteiger partial charge on any atom is 0.0482 e. The van der Waals surface area contributed by atoms with Gasteiger partial charge < -0.3 is 10.6 Å². The van der Waals surface area contributed by atoms with Gasteiger partial charge in [0.25, 0.3) is 0 Å². The van der Waals surface area contributed by atoms with Gasteiger partial charge in [-0.15, -0.1) is 0 Å². The van der Waals surface area contributed by atoms with Crippen molar-refractivity contribution in [3.63, 3.8) is 0 Å². The van der Waals surface area contributed by atoms with E-state index in [1.165, 1.54) is 33.5 Å². The highest BCUT2D eigenvalue weighted by molar-refractivity contribution is 5.67. The predicted octanol–water partition coefficient (Wildman–Crippen LogP) is 10.6. The smallest absolute Gasteiger partial charge is 0.0482 e. The second-order valence-electron chi connectivity index (χ2n) is 11.9. The molecule has 0 saturated heterocycles. The van der Waals surface area contributed by atoms with Crippen molar-refractivity contribution in [2.75, 3.05) is 10.6 Å². The van der Waals surface area contributed by atoms with Gasteiger partial charge in [-0.05, 0) is 82.8 Å². The SMILES string of the molecule is C1=CC(C2=CCC(Nc3ccc(-c4ccccc4)cc3)C=C2)C(C2C=CC(Nc3ccc(-c4ccccc4)cc3)=CC2)C=C1. The fraction of sp³-hybridized carbons (Fsp3) is 0.143. The molecular weight excluding hydrogens is 532 g/mol. The summed E-state index contributed by atoms with van der Waals surface area (Å²) < 4.78 is 0. The largest absolute Gasteiger partial charge is 0.379 e. The molecule has 216 valence electrons. The lowest BCUT2D eigenvalue weighted by atomic mass is 9.72.